The summed E-state index contributed by atoms with van der Waals surface area (Å²) in [6.07, 6.45) is 8.21. The second-order valence-electron chi connectivity index (χ2n) is 6.04. The van der Waals surface area contributed by atoms with Gasteiger partial charge < -0.3 is 5.32 Å². The van der Waals surface area contributed by atoms with Gasteiger partial charge in [-0.25, -0.2) is 0 Å². The molecule has 2 aromatic rings. The fourth-order valence-electron chi connectivity index (χ4n) is 3.28. The lowest BCUT2D eigenvalue weighted by atomic mass is 9.89. The van der Waals surface area contributed by atoms with Crippen LogP contribution in [0.15, 0.2) is 30.5 Å². The lowest BCUT2D eigenvalue weighted by Gasteiger charge is -2.22. The molecule has 1 saturated carbocycles. The minimum absolute atomic E-state index is 0.0386. The topological polar surface area (TPSA) is 42.0 Å². The zero-order valence-corrected chi connectivity index (χ0v) is 12.6. The van der Waals surface area contributed by atoms with Crippen molar-refractivity contribution in [2.45, 2.75) is 39.0 Å². The number of hydrogen-bond acceptors (Lipinski definition) is 2. The molecule has 0 radical (unpaired) electrons. The molecule has 3 heteroatoms. The zero-order valence-electron chi connectivity index (χ0n) is 12.6. The van der Waals surface area contributed by atoms with Gasteiger partial charge in [-0.3, -0.25) is 9.78 Å². The van der Waals surface area contributed by atoms with Crippen molar-refractivity contribution in [1.29, 1.82) is 0 Å². The quantitative estimate of drug-likeness (QED) is 0.929. The van der Waals surface area contributed by atoms with Crippen LogP contribution in [-0.2, 0) is 0 Å². The van der Waals surface area contributed by atoms with Crippen LogP contribution >= 0.6 is 0 Å². The predicted molar refractivity (Wildman–Crippen MR) is 85.4 cm³/mol. The maximum absolute atomic E-state index is 12.6. The second-order valence-corrected chi connectivity index (χ2v) is 6.04. The molecule has 0 aliphatic heterocycles. The Morgan fingerprint density at radius 1 is 1.24 bits per heavy atom. The highest BCUT2D eigenvalue weighted by molar-refractivity contribution is 6.07. The highest BCUT2D eigenvalue weighted by atomic mass is 16.1. The van der Waals surface area contributed by atoms with Gasteiger partial charge in [0.1, 0.15) is 0 Å². The van der Waals surface area contributed by atoms with Crippen LogP contribution in [0.3, 0.4) is 0 Å². The Kier molecular flexibility index (Phi) is 4.18. The molecule has 3 nitrogen and oxygen atoms in total. The van der Waals surface area contributed by atoms with Crippen LogP contribution in [0.5, 0.6) is 0 Å². The summed E-state index contributed by atoms with van der Waals surface area (Å²) in [4.78, 5) is 16.9. The number of amides is 1. The van der Waals surface area contributed by atoms with Crippen LogP contribution in [0.1, 0.15) is 48.0 Å². The first-order valence-electron chi connectivity index (χ1n) is 7.88. The standard InChI is InChI=1S/C18H22N2O/c1-13-9-10-16-15(8-5-11-19-16)17(13)18(21)20-12-14-6-3-2-4-7-14/h5,8-11,14H,2-4,6-7,12H2,1H3,(H,20,21). The monoisotopic (exact) mass is 282 g/mol. The second kappa shape index (κ2) is 6.25. The molecule has 3 rings (SSSR count). The minimum atomic E-state index is 0.0386. The number of pyridine rings is 1. The highest BCUT2D eigenvalue weighted by Crippen LogP contribution is 2.24. The third-order valence-corrected chi connectivity index (χ3v) is 4.50. The van der Waals surface area contributed by atoms with Gasteiger partial charge >= 0.3 is 0 Å². The van der Waals surface area contributed by atoms with Gasteiger partial charge in [0, 0.05) is 18.1 Å². The number of nitrogens with zero attached hydrogens (tertiary/aromatic N) is 1. The maximum atomic E-state index is 12.6. The van der Waals surface area contributed by atoms with Crippen LogP contribution in [0.25, 0.3) is 10.9 Å². The Labute approximate surface area is 125 Å². The predicted octanol–water partition coefficient (Wildman–Crippen LogP) is 3.85. The molecular weight excluding hydrogens is 260 g/mol. The Balaban J connectivity index is 1.79. The van der Waals surface area contributed by atoms with Crippen molar-refractivity contribution >= 4 is 16.8 Å². The Morgan fingerprint density at radius 2 is 2.05 bits per heavy atom. The average molecular weight is 282 g/mol. The van der Waals surface area contributed by atoms with Gasteiger partial charge in [-0.05, 0) is 43.4 Å². The SMILES string of the molecule is Cc1ccc2ncccc2c1C(=O)NCC1CCCCC1. The maximum Gasteiger partial charge on any atom is 0.252 e. The molecule has 0 saturated heterocycles. The number of carbonyl (C=O) groups is 1. The number of aromatic nitrogens is 1. The Morgan fingerprint density at radius 3 is 2.86 bits per heavy atom. The molecule has 0 spiro atoms. The van der Waals surface area contributed by atoms with E-state index in [1.807, 2.05) is 31.2 Å². The van der Waals surface area contributed by atoms with E-state index < -0.39 is 0 Å². The molecule has 110 valence electrons. The van der Waals surface area contributed by atoms with Gasteiger partial charge in [-0.1, -0.05) is 31.4 Å². The first-order chi connectivity index (χ1) is 10.3. The molecule has 1 amide bonds. The summed E-state index contributed by atoms with van der Waals surface area (Å²) in [7, 11) is 0. The lowest BCUT2D eigenvalue weighted by Crippen LogP contribution is -2.30. The molecule has 1 heterocycles. The van der Waals surface area contributed by atoms with Crippen molar-refractivity contribution in [1.82, 2.24) is 10.3 Å². The first kappa shape index (κ1) is 14.1. The van der Waals surface area contributed by atoms with E-state index in [0.29, 0.717) is 5.92 Å². The number of aryl methyl sites for hydroxylation is 1. The van der Waals surface area contributed by atoms with Gasteiger partial charge in [0.2, 0.25) is 0 Å². The van der Waals surface area contributed by atoms with E-state index in [4.69, 9.17) is 0 Å². The van der Waals surface area contributed by atoms with E-state index in [1.54, 1.807) is 6.20 Å². The van der Waals surface area contributed by atoms with Crippen LogP contribution < -0.4 is 5.32 Å². The summed E-state index contributed by atoms with van der Waals surface area (Å²) in [5, 5.41) is 4.08. The van der Waals surface area contributed by atoms with Crippen LogP contribution in [0.2, 0.25) is 0 Å². The van der Waals surface area contributed by atoms with Crippen LogP contribution in [-0.4, -0.2) is 17.4 Å². The Bertz CT molecular complexity index is 645. The third-order valence-electron chi connectivity index (χ3n) is 4.50. The number of benzene rings is 1. The van der Waals surface area contributed by atoms with Gasteiger partial charge in [-0.15, -0.1) is 0 Å². The fourth-order valence-corrected chi connectivity index (χ4v) is 3.28. The number of rotatable bonds is 3. The van der Waals surface area contributed by atoms with Gasteiger partial charge in [0.15, 0.2) is 0 Å². The van der Waals surface area contributed by atoms with Crippen LogP contribution in [0, 0.1) is 12.8 Å². The summed E-state index contributed by atoms with van der Waals surface area (Å²) < 4.78 is 0. The smallest absolute Gasteiger partial charge is 0.252 e. The number of fused-ring (bicyclic) bond motifs is 1. The summed E-state index contributed by atoms with van der Waals surface area (Å²) in [5.74, 6) is 0.688. The van der Waals surface area contributed by atoms with E-state index in [1.165, 1.54) is 32.1 Å². The summed E-state index contributed by atoms with van der Waals surface area (Å²) in [5.41, 5.74) is 2.67. The summed E-state index contributed by atoms with van der Waals surface area (Å²) >= 11 is 0. The minimum Gasteiger partial charge on any atom is -0.352 e. The number of carbonyl (C=O) groups excluding carboxylic acids is 1. The number of nitrogens with one attached hydrogen (secondary N) is 1. The molecule has 1 aromatic heterocycles. The van der Waals surface area contributed by atoms with E-state index in [-0.39, 0.29) is 5.91 Å². The van der Waals surface area contributed by atoms with E-state index in [9.17, 15) is 4.79 Å². The fraction of sp³-hybridized carbons (Fsp3) is 0.444. The molecule has 1 aromatic carbocycles. The molecule has 21 heavy (non-hydrogen) atoms. The van der Waals surface area contributed by atoms with E-state index >= 15 is 0 Å². The van der Waals surface area contributed by atoms with Crippen molar-refractivity contribution in [3.63, 3.8) is 0 Å². The normalized spacial score (nSPS) is 16.0. The molecule has 1 aliphatic rings. The van der Waals surface area contributed by atoms with Crippen molar-refractivity contribution in [2.24, 2.45) is 5.92 Å². The first-order valence-corrected chi connectivity index (χ1v) is 7.88. The number of hydrogen-bond donors (Lipinski definition) is 1. The van der Waals surface area contributed by atoms with E-state index in [2.05, 4.69) is 10.3 Å². The van der Waals surface area contributed by atoms with Gasteiger partial charge in [0.05, 0.1) is 11.1 Å². The van der Waals surface area contributed by atoms with Crippen LogP contribution in [0.4, 0.5) is 0 Å². The zero-order chi connectivity index (χ0) is 14.7. The summed E-state index contributed by atoms with van der Waals surface area (Å²) in [6.45, 7) is 2.79. The van der Waals surface area contributed by atoms with Gasteiger partial charge in [0.25, 0.3) is 5.91 Å². The summed E-state index contributed by atoms with van der Waals surface area (Å²) in [6, 6.07) is 7.82. The highest BCUT2D eigenvalue weighted by Gasteiger charge is 2.17. The van der Waals surface area contributed by atoms with Crippen molar-refractivity contribution in [2.75, 3.05) is 6.54 Å². The average Bonchev–Trinajstić information content (AvgIpc) is 2.53. The molecule has 1 aliphatic carbocycles. The van der Waals surface area contributed by atoms with Crippen molar-refractivity contribution in [3.05, 3.63) is 41.6 Å². The molecule has 1 fully saturated rings. The Hall–Kier alpha value is -1.90. The molecule has 0 bridgehead atoms. The van der Waals surface area contributed by atoms with E-state index in [0.717, 1.165) is 28.6 Å². The molecular formula is C18H22N2O. The lowest BCUT2D eigenvalue weighted by molar-refractivity contribution is 0.0944. The largest absolute Gasteiger partial charge is 0.352 e. The van der Waals surface area contributed by atoms with Crippen molar-refractivity contribution < 1.29 is 4.79 Å². The van der Waals surface area contributed by atoms with Gasteiger partial charge in [-0.2, -0.15) is 0 Å². The van der Waals surface area contributed by atoms with Crippen molar-refractivity contribution in [3.8, 4) is 0 Å². The molecule has 0 atom stereocenters. The molecule has 0 unspecified atom stereocenters. The molecule has 1 N–H and O–H groups in total. The third kappa shape index (κ3) is 3.07.